The third kappa shape index (κ3) is 4.48. The number of ether oxygens (including phenoxy) is 2. The topological polar surface area (TPSA) is 96.5 Å². The van der Waals surface area contributed by atoms with Crippen LogP contribution in [0.15, 0.2) is 4.90 Å². The summed E-state index contributed by atoms with van der Waals surface area (Å²) in [5.74, 6) is 0. The molecule has 0 fully saturated rings. The molecule has 0 saturated heterocycles. The first-order chi connectivity index (χ1) is 9.98. The van der Waals surface area contributed by atoms with Crippen molar-refractivity contribution in [2.24, 2.45) is 0 Å². The Kier molecular flexibility index (Phi) is 7.26. The van der Waals surface area contributed by atoms with Crippen molar-refractivity contribution in [2.75, 3.05) is 47.6 Å². The molecule has 0 bridgehead atoms. The summed E-state index contributed by atoms with van der Waals surface area (Å²) < 4.78 is 37.0. The zero-order chi connectivity index (χ0) is 15.9. The number of hydrogen-bond acceptors (Lipinski definition) is 6. The molecule has 1 aromatic heterocycles. The summed E-state index contributed by atoms with van der Waals surface area (Å²) in [4.78, 5) is 0.226. The van der Waals surface area contributed by atoms with Gasteiger partial charge in [0.25, 0.3) is 0 Å². The highest BCUT2D eigenvalue weighted by atomic mass is 32.2. The lowest BCUT2D eigenvalue weighted by Crippen LogP contribution is -2.37. The van der Waals surface area contributed by atoms with E-state index in [2.05, 4.69) is 15.5 Å². The molecule has 8 nitrogen and oxygen atoms in total. The highest BCUT2D eigenvalue weighted by Crippen LogP contribution is 2.22. The van der Waals surface area contributed by atoms with Gasteiger partial charge in [-0.3, -0.25) is 5.10 Å². The van der Waals surface area contributed by atoms with Crippen molar-refractivity contribution in [2.45, 2.75) is 18.4 Å². The van der Waals surface area contributed by atoms with E-state index in [1.54, 1.807) is 14.0 Å². The van der Waals surface area contributed by atoms with Gasteiger partial charge in [-0.05, 0) is 14.0 Å². The smallest absolute Gasteiger partial charge is 0.246 e. The van der Waals surface area contributed by atoms with Crippen molar-refractivity contribution >= 4 is 10.0 Å². The summed E-state index contributed by atoms with van der Waals surface area (Å²) >= 11 is 0. The Morgan fingerprint density at radius 3 is 2.29 bits per heavy atom. The van der Waals surface area contributed by atoms with Crippen molar-refractivity contribution < 1.29 is 17.9 Å². The van der Waals surface area contributed by atoms with Crippen molar-refractivity contribution in [1.82, 2.24) is 19.8 Å². The van der Waals surface area contributed by atoms with Crippen LogP contribution in [0.25, 0.3) is 0 Å². The third-order valence-corrected chi connectivity index (χ3v) is 5.10. The largest absolute Gasteiger partial charge is 0.383 e. The van der Waals surface area contributed by atoms with Crippen LogP contribution in [-0.4, -0.2) is 70.5 Å². The first kappa shape index (κ1) is 18.1. The number of aryl methyl sites for hydroxylation is 1. The van der Waals surface area contributed by atoms with Gasteiger partial charge in [-0.2, -0.15) is 9.40 Å². The third-order valence-electron chi connectivity index (χ3n) is 2.99. The quantitative estimate of drug-likeness (QED) is 0.615. The van der Waals surface area contributed by atoms with Crippen LogP contribution in [0.5, 0.6) is 0 Å². The minimum atomic E-state index is -3.65. The number of hydrogen-bond donors (Lipinski definition) is 2. The molecule has 122 valence electrons. The summed E-state index contributed by atoms with van der Waals surface area (Å²) in [5, 5.41) is 9.72. The van der Waals surface area contributed by atoms with E-state index in [4.69, 9.17) is 9.47 Å². The SMILES string of the molecule is CNCc1n[nH]c(C)c1S(=O)(=O)N(CCOC)CCOC. The molecule has 0 unspecified atom stereocenters. The first-order valence-electron chi connectivity index (χ1n) is 6.65. The molecular weight excluding hydrogens is 296 g/mol. The van der Waals surface area contributed by atoms with Crippen LogP contribution in [0.1, 0.15) is 11.4 Å². The first-order valence-corrected chi connectivity index (χ1v) is 8.09. The van der Waals surface area contributed by atoms with Gasteiger partial charge in [0.15, 0.2) is 0 Å². The summed E-state index contributed by atoms with van der Waals surface area (Å²) in [6.07, 6.45) is 0. The summed E-state index contributed by atoms with van der Waals surface area (Å²) in [6.45, 7) is 3.26. The number of nitrogens with one attached hydrogen (secondary N) is 2. The van der Waals surface area contributed by atoms with E-state index in [-0.39, 0.29) is 18.0 Å². The summed E-state index contributed by atoms with van der Waals surface area (Å²) in [5.41, 5.74) is 1.01. The van der Waals surface area contributed by atoms with Crippen LogP contribution in [0.4, 0.5) is 0 Å². The molecule has 1 rings (SSSR count). The number of H-pyrrole nitrogens is 1. The fourth-order valence-electron chi connectivity index (χ4n) is 1.97. The molecule has 1 heterocycles. The maximum Gasteiger partial charge on any atom is 0.246 e. The zero-order valence-corrected chi connectivity index (χ0v) is 13.8. The fourth-order valence-corrected chi connectivity index (χ4v) is 3.70. The van der Waals surface area contributed by atoms with E-state index in [0.29, 0.717) is 31.1 Å². The van der Waals surface area contributed by atoms with Gasteiger partial charge in [0.05, 0.1) is 24.6 Å². The van der Waals surface area contributed by atoms with Crippen LogP contribution in [0, 0.1) is 6.92 Å². The zero-order valence-electron chi connectivity index (χ0n) is 13.0. The number of rotatable bonds is 10. The van der Waals surface area contributed by atoms with Crippen molar-refractivity contribution in [1.29, 1.82) is 0 Å². The maximum atomic E-state index is 12.8. The standard InChI is InChI=1S/C12H24N4O4S/c1-10-12(11(9-13-2)15-14-10)21(17,18)16(5-7-19-3)6-8-20-4/h13H,5-9H2,1-4H3,(H,14,15). The highest BCUT2D eigenvalue weighted by molar-refractivity contribution is 7.89. The molecule has 21 heavy (non-hydrogen) atoms. The van der Waals surface area contributed by atoms with Gasteiger partial charge in [-0.25, -0.2) is 8.42 Å². The Bertz CT molecular complexity index is 521. The Labute approximate surface area is 125 Å². The number of nitrogens with zero attached hydrogens (tertiary/aromatic N) is 2. The van der Waals surface area contributed by atoms with Gasteiger partial charge in [0.2, 0.25) is 10.0 Å². The molecule has 0 aliphatic carbocycles. The monoisotopic (exact) mass is 320 g/mol. The van der Waals surface area contributed by atoms with Gasteiger partial charge in [-0.15, -0.1) is 0 Å². The molecule has 9 heteroatoms. The Hall–Kier alpha value is -1.00. The lowest BCUT2D eigenvalue weighted by molar-refractivity contribution is 0.150. The van der Waals surface area contributed by atoms with Crippen LogP contribution in [0.2, 0.25) is 0 Å². The van der Waals surface area contributed by atoms with Gasteiger partial charge in [-0.1, -0.05) is 0 Å². The molecule has 1 aromatic rings. The maximum absolute atomic E-state index is 12.8. The second-order valence-electron chi connectivity index (χ2n) is 4.54. The van der Waals surface area contributed by atoms with Crippen molar-refractivity contribution in [3.05, 3.63) is 11.4 Å². The Morgan fingerprint density at radius 2 is 1.81 bits per heavy atom. The molecule has 0 atom stereocenters. The van der Waals surface area contributed by atoms with Crippen LogP contribution < -0.4 is 5.32 Å². The number of aromatic nitrogens is 2. The normalized spacial score (nSPS) is 12.2. The van der Waals surface area contributed by atoms with Crippen molar-refractivity contribution in [3.8, 4) is 0 Å². The summed E-state index contributed by atoms with van der Waals surface area (Å²) in [7, 11) is 1.17. The average Bonchev–Trinajstić information content (AvgIpc) is 2.80. The van der Waals surface area contributed by atoms with E-state index in [1.165, 1.54) is 18.5 Å². The lowest BCUT2D eigenvalue weighted by Gasteiger charge is -2.22. The van der Waals surface area contributed by atoms with E-state index in [9.17, 15) is 8.42 Å². The average molecular weight is 320 g/mol. The van der Waals surface area contributed by atoms with Crippen molar-refractivity contribution in [3.63, 3.8) is 0 Å². The Morgan fingerprint density at radius 1 is 1.24 bits per heavy atom. The minimum Gasteiger partial charge on any atom is -0.383 e. The summed E-state index contributed by atoms with van der Waals surface area (Å²) in [6, 6.07) is 0. The molecule has 0 aliphatic heterocycles. The van der Waals surface area contributed by atoms with E-state index in [0.717, 1.165) is 0 Å². The number of methoxy groups -OCH3 is 2. The molecular formula is C12H24N4O4S. The Balaban J connectivity index is 3.11. The predicted octanol–water partition coefficient (Wildman–Crippen LogP) is -0.279. The lowest BCUT2D eigenvalue weighted by atomic mass is 10.4. The molecule has 0 spiro atoms. The molecule has 0 radical (unpaired) electrons. The van der Waals surface area contributed by atoms with E-state index >= 15 is 0 Å². The van der Waals surface area contributed by atoms with E-state index < -0.39 is 10.0 Å². The van der Waals surface area contributed by atoms with Gasteiger partial charge in [0, 0.05) is 33.9 Å². The predicted molar refractivity (Wildman–Crippen MR) is 78.6 cm³/mol. The van der Waals surface area contributed by atoms with Crippen LogP contribution >= 0.6 is 0 Å². The molecule has 2 N–H and O–H groups in total. The highest BCUT2D eigenvalue weighted by Gasteiger charge is 2.30. The second-order valence-corrected chi connectivity index (χ2v) is 6.42. The molecule has 0 amide bonds. The van der Waals surface area contributed by atoms with Crippen LogP contribution in [0.3, 0.4) is 0 Å². The number of sulfonamides is 1. The minimum absolute atomic E-state index is 0.226. The van der Waals surface area contributed by atoms with Gasteiger partial charge >= 0.3 is 0 Å². The molecule has 0 aliphatic rings. The van der Waals surface area contributed by atoms with Gasteiger partial charge < -0.3 is 14.8 Å². The molecule has 0 aromatic carbocycles. The molecule has 0 saturated carbocycles. The number of aromatic amines is 1. The van der Waals surface area contributed by atoms with E-state index in [1.807, 2.05) is 0 Å². The second kappa shape index (κ2) is 8.44. The van der Waals surface area contributed by atoms with Crippen LogP contribution in [-0.2, 0) is 26.0 Å². The van der Waals surface area contributed by atoms with Gasteiger partial charge in [0.1, 0.15) is 4.90 Å². The fraction of sp³-hybridized carbons (Fsp3) is 0.750.